The Morgan fingerprint density at radius 3 is 0.981 bits per heavy atom. The van der Waals surface area contributed by atoms with Crippen LogP contribution in [0.3, 0.4) is 0 Å². The van der Waals surface area contributed by atoms with Crippen molar-refractivity contribution in [3.05, 3.63) is 210 Å². The Morgan fingerprint density at radius 1 is 0.368 bits per heavy atom. The Morgan fingerprint density at radius 2 is 0.660 bits per heavy atom. The molecule has 5 aliphatic rings. The van der Waals surface area contributed by atoms with E-state index in [4.69, 9.17) is 33.6 Å². The van der Waals surface area contributed by atoms with Gasteiger partial charge in [-0.3, -0.25) is 29.0 Å². The highest BCUT2D eigenvalue weighted by atomic mass is 31.2. The van der Waals surface area contributed by atoms with Crippen LogP contribution >= 0.6 is 23.5 Å². The minimum absolute atomic E-state index is 0.0792. The summed E-state index contributed by atoms with van der Waals surface area (Å²) in [6.45, 7) is 7.82. The van der Waals surface area contributed by atoms with E-state index in [2.05, 4.69) is 56.7 Å². The standard InChI is InChI=1S/C21H28NO6P.C20H26NO5P.C20H23NO2.C19H24NO6P/c1-21(2)10-8-15(9-11-21)12-17-13-18(27-14-28-29(24,25)26)19(20(23)22-17)16-6-4-3-5-7-16;1-20(2)10-8-14(9-11-20)12-16-13-17(26-27(23,24)25)18(19(22)21-16)15-6-4-3-5-7-15;22-17-13-16(12-14-6-8-20(9-7-14)10-11-20)21-19(23)18(17)15-4-2-1-3-5-15;21-19-18(15-9-5-2-6-10-15)17(25-13-26-27(22,23)24)12-16(20-19)11-14-7-3-1-4-8-14/h3-7,13,15H,8-12,14H2,1-2H3,(H,22,23)(H2,24,25,26);3-7,13-14H,8-12H2,1-2H3,(H,21,22)(H2,23,24,25);1-5,13-14H,6-12H2,(H2,21,22,23);2,5-6,9-10,12,14H,1,3-4,7-8,11,13H2,(H,20,21)(H2,22,23,24). The van der Waals surface area contributed by atoms with Gasteiger partial charge in [0, 0.05) is 47.0 Å². The highest BCUT2D eigenvalue weighted by Gasteiger charge is 2.44. The molecule has 13 rings (SSSR count). The van der Waals surface area contributed by atoms with Gasteiger partial charge in [-0.2, -0.15) is 0 Å². The summed E-state index contributed by atoms with van der Waals surface area (Å²) in [5, 5.41) is 10.3. The smallest absolute Gasteiger partial charge is 0.507 e. The van der Waals surface area contributed by atoms with E-state index < -0.39 is 42.6 Å². The topological polar surface area (TPSA) is 370 Å². The van der Waals surface area contributed by atoms with E-state index in [1.54, 1.807) is 91.0 Å². The van der Waals surface area contributed by atoms with Gasteiger partial charge in [-0.1, -0.05) is 181 Å². The fraction of sp³-hybridized carbons (Fsp3) is 0.450. The van der Waals surface area contributed by atoms with E-state index in [0.29, 0.717) is 85.4 Å². The molecular formula is C80H101N4O19P3. The van der Waals surface area contributed by atoms with Crippen LogP contribution in [-0.4, -0.2) is 68.0 Å². The monoisotopic (exact) mass is 1510 g/mol. The second-order valence-corrected chi connectivity index (χ2v) is 34.4. The van der Waals surface area contributed by atoms with E-state index in [0.717, 1.165) is 106 Å². The first-order valence-corrected chi connectivity index (χ1v) is 41.3. The van der Waals surface area contributed by atoms with Gasteiger partial charge in [0.1, 0.15) is 23.0 Å². The molecule has 0 atom stereocenters. The van der Waals surface area contributed by atoms with E-state index in [9.17, 15) is 47.8 Å². The van der Waals surface area contributed by atoms with Gasteiger partial charge in [-0.15, -0.1) is 0 Å². The third-order valence-corrected chi connectivity index (χ3v) is 22.7. The van der Waals surface area contributed by atoms with Crippen molar-refractivity contribution in [1.29, 1.82) is 0 Å². The molecule has 26 heteroatoms. The van der Waals surface area contributed by atoms with Crippen LogP contribution in [-0.2, 0) is 48.4 Å². The maximum Gasteiger partial charge on any atom is 0.524 e. The van der Waals surface area contributed by atoms with E-state index in [-0.39, 0.29) is 45.2 Å². The summed E-state index contributed by atoms with van der Waals surface area (Å²) in [4.78, 5) is 116. The fourth-order valence-electron chi connectivity index (χ4n) is 15.2. The quantitative estimate of drug-likeness (QED) is 0.0222. The number of benzene rings is 4. The molecule has 0 amide bonds. The predicted molar refractivity (Wildman–Crippen MR) is 408 cm³/mol. The summed E-state index contributed by atoms with van der Waals surface area (Å²) in [6, 6.07) is 42.9. The molecule has 5 aliphatic carbocycles. The molecule has 4 aromatic carbocycles. The molecule has 23 nitrogen and oxygen atoms in total. The van der Waals surface area contributed by atoms with E-state index in [1.807, 2.05) is 54.6 Å². The van der Waals surface area contributed by atoms with E-state index >= 15 is 0 Å². The molecule has 4 aromatic heterocycles. The van der Waals surface area contributed by atoms with Crippen LogP contribution in [0.25, 0.3) is 44.5 Å². The zero-order chi connectivity index (χ0) is 75.9. The van der Waals surface area contributed by atoms with Gasteiger partial charge in [-0.05, 0) is 178 Å². The molecular weight excluding hydrogens is 1410 g/mol. The summed E-state index contributed by atoms with van der Waals surface area (Å²) < 4.78 is 57.9. The lowest BCUT2D eigenvalue weighted by molar-refractivity contribution is 0.0819. The number of nitrogens with one attached hydrogen (secondary N) is 4. The van der Waals surface area contributed by atoms with Crippen LogP contribution in [0.1, 0.15) is 172 Å². The average Bonchev–Trinajstić information content (AvgIpc) is 1.48. The van der Waals surface area contributed by atoms with E-state index in [1.165, 1.54) is 57.8 Å². The van der Waals surface area contributed by atoms with Gasteiger partial charge in [-0.25, -0.2) is 22.7 Å². The van der Waals surface area contributed by atoms with Crippen molar-refractivity contribution in [2.75, 3.05) is 13.6 Å². The molecule has 8 aromatic rings. The van der Waals surface area contributed by atoms with Crippen molar-refractivity contribution in [1.82, 2.24) is 19.9 Å². The number of hydrogen-bond donors (Lipinski definition) is 11. The number of aromatic nitrogens is 4. The number of pyridine rings is 4. The largest absolute Gasteiger partial charge is 0.524 e. The first-order valence-electron chi connectivity index (χ1n) is 36.7. The lowest BCUT2D eigenvalue weighted by atomic mass is 9.72. The first-order chi connectivity index (χ1) is 50.3. The van der Waals surface area contributed by atoms with Gasteiger partial charge >= 0.3 is 23.5 Å². The SMILES string of the molecule is CC1(C)CCC(Cc2cc(OCOP(=O)(O)O)c(-c3ccccc3)c(=O)[nH]2)CC1.CC1(C)CCC(Cc2cc(OP(=O)(O)O)c(-c3ccccc3)c(=O)[nH]2)CC1.O=c1[nH]c(CC2CCC3(CC2)CC3)cc(O)c1-c1ccccc1.O=c1[nH]c(CC2CCCCC2)cc(OCOP(=O)(O)O)c1-c1ccccc1. The molecule has 106 heavy (non-hydrogen) atoms. The molecule has 5 fully saturated rings. The average molecular weight is 1520 g/mol. The Labute approximate surface area is 617 Å². The third kappa shape index (κ3) is 24.6. The number of aromatic amines is 4. The number of ether oxygens (including phenoxy) is 2. The van der Waals surface area contributed by atoms with Gasteiger partial charge in [0.15, 0.2) is 13.6 Å². The molecule has 0 aliphatic heterocycles. The molecule has 0 bridgehead atoms. The second kappa shape index (κ2) is 36.0. The molecule has 4 heterocycles. The van der Waals surface area contributed by atoms with Crippen LogP contribution in [0.4, 0.5) is 0 Å². The van der Waals surface area contributed by atoms with Gasteiger partial charge in [0.2, 0.25) is 0 Å². The Balaban J connectivity index is 0.000000152. The Kier molecular flexibility index (Phi) is 27.4. The lowest BCUT2D eigenvalue weighted by Gasteiger charge is -2.34. The number of hydrogen-bond acceptors (Lipinski definition) is 13. The maximum absolute atomic E-state index is 12.8. The molecule has 570 valence electrons. The molecule has 1 spiro atoms. The van der Waals surface area contributed by atoms with Crippen molar-refractivity contribution in [3.8, 4) is 67.5 Å². The van der Waals surface area contributed by atoms with Crippen molar-refractivity contribution in [3.63, 3.8) is 0 Å². The Bertz CT molecular complexity index is 4590. The number of phosphoric acid groups is 3. The zero-order valence-corrected chi connectivity index (χ0v) is 63.4. The third-order valence-electron chi connectivity index (χ3n) is 21.4. The van der Waals surface area contributed by atoms with Crippen molar-refractivity contribution in [2.24, 2.45) is 39.9 Å². The summed E-state index contributed by atoms with van der Waals surface area (Å²) in [5.74, 6) is 2.60. The normalized spacial score (nSPS) is 17.5. The maximum atomic E-state index is 12.8. The Hall–Kier alpha value is -7.75. The summed E-state index contributed by atoms with van der Waals surface area (Å²) in [7, 11) is -14.1. The molecule has 0 saturated heterocycles. The van der Waals surface area contributed by atoms with Gasteiger partial charge < -0.3 is 58.6 Å². The number of H-pyrrole nitrogens is 4. The van der Waals surface area contributed by atoms with Crippen LogP contribution in [0.2, 0.25) is 0 Å². The van der Waals surface area contributed by atoms with Crippen molar-refractivity contribution < 1.29 is 71.2 Å². The van der Waals surface area contributed by atoms with Crippen LogP contribution in [0.15, 0.2) is 165 Å². The second-order valence-electron chi connectivity index (χ2n) is 30.8. The predicted octanol–water partition coefficient (Wildman–Crippen LogP) is 16.4. The fourth-order valence-corrected chi connectivity index (χ4v) is 16.0. The summed E-state index contributed by atoms with van der Waals surface area (Å²) in [6.07, 6.45) is 25.9. The van der Waals surface area contributed by atoms with Crippen LogP contribution in [0, 0.1) is 39.9 Å². The first kappa shape index (κ1) is 80.8. The lowest BCUT2D eigenvalue weighted by Crippen LogP contribution is -2.23. The molecule has 0 radical (unpaired) electrons. The highest BCUT2D eigenvalue weighted by molar-refractivity contribution is 7.47. The van der Waals surface area contributed by atoms with Gasteiger partial charge in [0.05, 0.1) is 22.3 Å². The molecule has 5 saturated carbocycles. The number of aromatic hydroxyl groups is 1. The highest BCUT2D eigenvalue weighted by Crippen LogP contribution is 2.57. The summed E-state index contributed by atoms with van der Waals surface area (Å²) in [5.41, 5.74) is 7.03. The van der Waals surface area contributed by atoms with Crippen molar-refractivity contribution >= 4 is 23.5 Å². The van der Waals surface area contributed by atoms with Gasteiger partial charge in [0.25, 0.3) is 22.2 Å². The minimum Gasteiger partial charge on any atom is -0.507 e. The molecule has 0 unspecified atom stereocenters. The molecule has 11 N–H and O–H groups in total. The zero-order valence-electron chi connectivity index (χ0n) is 60.7. The minimum atomic E-state index is -4.79. The summed E-state index contributed by atoms with van der Waals surface area (Å²) >= 11 is 0. The number of phosphoric ester groups is 3. The van der Waals surface area contributed by atoms with Crippen molar-refractivity contribution in [2.45, 2.75) is 175 Å². The van der Waals surface area contributed by atoms with Crippen LogP contribution < -0.4 is 36.2 Å². The number of rotatable bonds is 22. The van der Waals surface area contributed by atoms with Crippen LogP contribution in [0.5, 0.6) is 23.0 Å².